The second-order valence-corrected chi connectivity index (χ2v) is 4.61. The zero-order chi connectivity index (χ0) is 15.0. The summed E-state index contributed by atoms with van der Waals surface area (Å²) < 4.78 is 6.98. The van der Waals surface area contributed by atoms with Gasteiger partial charge in [0.15, 0.2) is 0 Å². The van der Waals surface area contributed by atoms with E-state index in [4.69, 9.17) is 15.3 Å². The fourth-order valence-electron chi connectivity index (χ4n) is 2.38. The van der Waals surface area contributed by atoms with Crippen molar-refractivity contribution in [1.82, 2.24) is 4.57 Å². The maximum atomic E-state index is 11.5. The number of carboxylic acid groups (broad SMARTS) is 1. The van der Waals surface area contributed by atoms with Gasteiger partial charge in [0.2, 0.25) is 0 Å². The Hall–Kier alpha value is -3.02. The van der Waals surface area contributed by atoms with Crippen LogP contribution in [0.2, 0.25) is 0 Å². The Balaban J connectivity index is 2.11. The van der Waals surface area contributed by atoms with Crippen molar-refractivity contribution in [3.05, 3.63) is 59.7 Å². The number of fused-ring (bicyclic) bond motifs is 1. The third kappa shape index (κ3) is 2.16. The van der Waals surface area contributed by atoms with Crippen LogP contribution in [-0.4, -0.2) is 21.6 Å². The molecule has 0 spiro atoms. The lowest BCUT2D eigenvalue weighted by Gasteiger charge is -2.03. The molecule has 6 nitrogen and oxygen atoms in total. The maximum Gasteiger partial charge on any atom is 0.339 e. The smallest absolute Gasteiger partial charge is 0.339 e. The molecule has 6 heteroatoms. The number of carbonyl (C=O) groups excluding carboxylic acids is 1. The Morgan fingerprint density at radius 2 is 1.95 bits per heavy atom. The summed E-state index contributed by atoms with van der Waals surface area (Å²) in [5.41, 5.74) is 6.67. The summed E-state index contributed by atoms with van der Waals surface area (Å²) in [6, 6.07) is 8.69. The summed E-state index contributed by atoms with van der Waals surface area (Å²) >= 11 is 0. The zero-order valence-electron chi connectivity index (χ0n) is 10.9. The average molecular weight is 284 g/mol. The monoisotopic (exact) mass is 284 g/mol. The number of hydrogen-bond acceptors (Lipinski definition) is 3. The van der Waals surface area contributed by atoms with Gasteiger partial charge in [-0.1, -0.05) is 18.2 Å². The van der Waals surface area contributed by atoms with E-state index in [1.807, 2.05) is 18.2 Å². The first-order chi connectivity index (χ1) is 10.1. The number of aromatic carboxylic acids is 1. The van der Waals surface area contributed by atoms with Crippen LogP contribution in [0.5, 0.6) is 0 Å². The van der Waals surface area contributed by atoms with Crippen LogP contribution >= 0.6 is 0 Å². The Kier molecular flexibility index (Phi) is 2.98. The van der Waals surface area contributed by atoms with Crippen LogP contribution < -0.4 is 5.73 Å². The minimum absolute atomic E-state index is 0.105. The molecule has 0 unspecified atom stereocenters. The lowest BCUT2D eigenvalue weighted by molar-refractivity contribution is 0.0694. The lowest BCUT2D eigenvalue weighted by Crippen LogP contribution is -2.10. The second-order valence-electron chi connectivity index (χ2n) is 4.61. The van der Waals surface area contributed by atoms with Gasteiger partial charge in [-0.3, -0.25) is 4.79 Å². The summed E-state index contributed by atoms with van der Waals surface area (Å²) in [4.78, 5) is 22.6. The summed E-state index contributed by atoms with van der Waals surface area (Å²) in [5.74, 6) is -1.26. The Morgan fingerprint density at radius 1 is 1.19 bits per heavy atom. The summed E-state index contributed by atoms with van der Waals surface area (Å²) in [7, 11) is 0. The molecule has 0 atom stereocenters. The number of carbonyl (C=O) groups is 2. The fourth-order valence-corrected chi connectivity index (χ4v) is 2.38. The van der Waals surface area contributed by atoms with Gasteiger partial charge in [-0.05, 0) is 12.1 Å². The number of primary amides is 1. The standard InChI is InChI=1S/C15H12N2O4/c16-14(18)11-7-17(12-4-2-1-3-9(11)12)8-13-10(15(19)20)5-6-21-13/h1-7H,8H2,(H2,16,18)(H,19,20). The van der Waals surface area contributed by atoms with Crippen LogP contribution in [0.3, 0.4) is 0 Å². The Bertz CT molecular complexity index is 844. The highest BCUT2D eigenvalue weighted by Gasteiger charge is 2.17. The highest BCUT2D eigenvalue weighted by atomic mass is 16.4. The molecule has 0 saturated heterocycles. The van der Waals surface area contributed by atoms with Gasteiger partial charge in [0.05, 0.1) is 18.4 Å². The summed E-state index contributed by atoms with van der Waals surface area (Å²) in [6.45, 7) is 0.211. The minimum atomic E-state index is -1.05. The van der Waals surface area contributed by atoms with Crippen molar-refractivity contribution in [3.8, 4) is 0 Å². The van der Waals surface area contributed by atoms with Crippen LogP contribution in [0, 0.1) is 0 Å². The van der Waals surface area contributed by atoms with E-state index in [0.717, 1.165) is 10.9 Å². The molecule has 2 aromatic heterocycles. The normalized spacial score (nSPS) is 10.9. The first-order valence-corrected chi connectivity index (χ1v) is 6.25. The highest BCUT2D eigenvalue weighted by molar-refractivity contribution is 6.06. The topological polar surface area (TPSA) is 98.5 Å². The van der Waals surface area contributed by atoms with E-state index >= 15 is 0 Å². The molecule has 3 N–H and O–H groups in total. The van der Waals surface area contributed by atoms with E-state index in [1.165, 1.54) is 12.3 Å². The Morgan fingerprint density at radius 3 is 2.67 bits per heavy atom. The molecule has 0 radical (unpaired) electrons. The molecule has 2 heterocycles. The van der Waals surface area contributed by atoms with Crippen LogP contribution in [0.25, 0.3) is 10.9 Å². The highest BCUT2D eigenvalue weighted by Crippen LogP contribution is 2.23. The fraction of sp³-hybridized carbons (Fsp3) is 0.0667. The average Bonchev–Trinajstić information content (AvgIpc) is 3.04. The minimum Gasteiger partial charge on any atom is -0.478 e. The molecule has 21 heavy (non-hydrogen) atoms. The van der Waals surface area contributed by atoms with Crippen LogP contribution in [0.15, 0.2) is 47.2 Å². The predicted molar refractivity (Wildman–Crippen MR) is 75.2 cm³/mol. The van der Waals surface area contributed by atoms with Gasteiger partial charge in [-0.15, -0.1) is 0 Å². The van der Waals surface area contributed by atoms with Gasteiger partial charge in [0.25, 0.3) is 5.91 Å². The number of nitrogens with two attached hydrogens (primary N) is 1. The first kappa shape index (κ1) is 13.0. The van der Waals surface area contributed by atoms with Crippen molar-refractivity contribution in [3.63, 3.8) is 0 Å². The number of hydrogen-bond donors (Lipinski definition) is 2. The van der Waals surface area contributed by atoms with Gasteiger partial charge in [-0.25, -0.2) is 4.79 Å². The van der Waals surface area contributed by atoms with Crippen molar-refractivity contribution < 1.29 is 19.1 Å². The molecule has 1 aromatic carbocycles. The van der Waals surface area contributed by atoms with E-state index in [-0.39, 0.29) is 12.1 Å². The molecular formula is C15H12N2O4. The van der Waals surface area contributed by atoms with Gasteiger partial charge in [0.1, 0.15) is 11.3 Å². The number of nitrogens with zero attached hydrogens (tertiary/aromatic N) is 1. The predicted octanol–water partition coefficient (Wildman–Crippen LogP) is 2.08. The van der Waals surface area contributed by atoms with Crippen molar-refractivity contribution in [2.45, 2.75) is 6.54 Å². The lowest BCUT2D eigenvalue weighted by atomic mass is 10.2. The van der Waals surface area contributed by atoms with Crippen molar-refractivity contribution in [2.75, 3.05) is 0 Å². The third-order valence-corrected chi connectivity index (χ3v) is 3.34. The summed E-state index contributed by atoms with van der Waals surface area (Å²) in [6.07, 6.45) is 2.95. The van der Waals surface area contributed by atoms with Crippen molar-refractivity contribution in [1.29, 1.82) is 0 Å². The molecule has 1 amide bonds. The number of furan rings is 1. The van der Waals surface area contributed by atoms with E-state index in [1.54, 1.807) is 16.8 Å². The Labute approximate surface area is 119 Å². The van der Waals surface area contributed by atoms with Crippen LogP contribution in [0.4, 0.5) is 0 Å². The molecular weight excluding hydrogens is 272 g/mol. The van der Waals surface area contributed by atoms with Crippen molar-refractivity contribution >= 4 is 22.8 Å². The molecule has 106 valence electrons. The number of rotatable bonds is 4. The zero-order valence-corrected chi connectivity index (χ0v) is 10.9. The van der Waals surface area contributed by atoms with E-state index < -0.39 is 11.9 Å². The van der Waals surface area contributed by atoms with E-state index in [2.05, 4.69) is 0 Å². The molecule has 0 aliphatic carbocycles. The van der Waals surface area contributed by atoms with Gasteiger partial charge in [-0.2, -0.15) is 0 Å². The summed E-state index contributed by atoms with van der Waals surface area (Å²) in [5, 5.41) is 9.83. The van der Waals surface area contributed by atoms with Crippen LogP contribution in [-0.2, 0) is 6.54 Å². The molecule has 3 aromatic rings. The SMILES string of the molecule is NC(=O)c1cn(Cc2occc2C(=O)O)c2ccccc12. The molecule has 3 rings (SSSR count). The molecule has 0 fully saturated rings. The molecule has 0 saturated carbocycles. The number of benzene rings is 1. The number of para-hydroxylation sites is 1. The molecule has 0 aliphatic heterocycles. The third-order valence-electron chi connectivity index (χ3n) is 3.34. The van der Waals surface area contributed by atoms with E-state index in [9.17, 15) is 9.59 Å². The van der Waals surface area contributed by atoms with Crippen molar-refractivity contribution in [2.24, 2.45) is 5.73 Å². The number of amides is 1. The van der Waals surface area contributed by atoms with Gasteiger partial charge in [0, 0.05) is 17.1 Å². The van der Waals surface area contributed by atoms with E-state index in [0.29, 0.717) is 11.3 Å². The molecule has 0 bridgehead atoms. The van der Waals surface area contributed by atoms with Gasteiger partial charge >= 0.3 is 5.97 Å². The largest absolute Gasteiger partial charge is 0.478 e. The second kappa shape index (κ2) is 4.82. The number of aromatic nitrogens is 1. The van der Waals surface area contributed by atoms with Crippen LogP contribution in [0.1, 0.15) is 26.5 Å². The first-order valence-electron chi connectivity index (χ1n) is 6.25. The molecule has 0 aliphatic rings. The van der Waals surface area contributed by atoms with Gasteiger partial charge < -0.3 is 19.8 Å². The number of carboxylic acids is 1. The quantitative estimate of drug-likeness (QED) is 0.766. The maximum absolute atomic E-state index is 11.5.